The predicted molar refractivity (Wildman–Crippen MR) is 66.2 cm³/mol. The van der Waals surface area contributed by atoms with E-state index in [4.69, 9.17) is 0 Å². The lowest BCUT2D eigenvalue weighted by atomic mass is 9.80. The molecule has 1 atom stereocenters. The lowest BCUT2D eigenvalue weighted by molar-refractivity contribution is 0.271. The van der Waals surface area contributed by atoms with E-state index in [0.717, 1.165) is 5.54 Å². The van der Waals surface area contributed by atoms with Crippen LogP contribution in [0.2, 0.25) is 18.6 Å². The molecule has 0 spiro atoms. The van der Waals surface area contributed by atoms with Crippen molar-refractivity contribution >= 4 is 8.80 Å². The average molecular weight is 200 g/mol. The van der Waals surface area contributed by atoms with E-state index in [9.17, 15) is 0 Å². The van der Waals surface area contributed by atoms with E-state index in [1.54, 1.807) is 0 Å². The minimum absolute atomic E-state index is 0.495. The summed E-state index contributed by atoms with van der Waals surface area (Å²) in [4.78, 5) is 0. The van der Waals surface area contributed by atoms with E-state index in [2.05, 4.69) is 54.6 Å². The first kappa shape index (κ1) is 13.2. The standard InChI is InChI=1S/C12H28Si/c1-11(2,3)9-10(13(7)8)12(4,5)6/h10,13H,9H2,1-8H3. The molecule has 0 fully saturated rings. The zero-order valence-corrected chi connectivity index (χ0v) is 12.0. The fourth-order valence-electron chi connectivity index (χ4n) is 2.20. The highest BCUT2D eigenvalue weighted by molar-refractivity contribution is 6.57. The molecule has 0 rings (SSSR count). The van der Waals surface area contributed by atoms with Crippen LogP contribution in [-0.2, 0) is 0 Å². The van der Waals surface area contributed by atoms with Gasteiger partial charge < -0.3 is 0 Å². The quantitative estimate of drug-likeness (QED) is 0.582. The van der Waals surface area contributed by atoms with Crippen molar-refractivity contribution < 1.29 is 0 Å². The molecule has 0 aromatic carbocycles. The molecule has 0 saturated heterocycles. The van der Waals surface area contributed by atoms with Crippen LogP contribution in [-0.4, -0.2) is 8.80 Å². The van der Waals surface area contributed by atoms with Crippen molar-refractivity contribution in [2.75, 3.05) is 0 Å². The van der Waals surface area contributed by atoms with Gasteiger partial charge in [0.1, 0.15) is 0 Å². The van der Waals surface area contributed by atoms with Gasteiger partial charge in [0.25, 0.3) is 0 Å². The van der Waals surface area contributed by atoms with Crippen molar-refractivity contribution in [3.8, 4) is 0 Å². The first-order valence-corrected chi connectivity index (χ1v) is 8.51. The fraction of sp³-hybridized carbons (Fsp3) is 1.00. The van der Waals surface area contributed by atoms with E-state index >= 15 is 0 Å². The molecule has 0 nitrogen and oxygen atoms in total. The lowest BCUT2D eigenvalue weighted by Crippen LogP contribution is -2.29. The van der Waals surface area contributed by atoms with Gasteiger partial charge in [-0.2, -0.15) is 0 Å². The second-order valence-corrected chi connectivity index (χ2v) is 10.3. The Labute approximate surface area is 86.7 Å². The Morgan fingerprint density at radius 3 is 1.38 bits per heavy atom. The van der Waals surface area contributed by atoms with Gasteiger partial charge in [0.2, 0.25) is 0 Å². The monoisotopic (exact) mass is 200 g/mol. The average Bonchev–Trinajstić information content (AvgIpc) is 1.77. The van der Waals surface area contributed by atoms with Gasteiger partial charge in [-0.3, -0.25) is 0 Å². The van der Waals surface area contributed by atoms with Crippen LogP contribution in [0.3, 0.4) is 0 Å². The van der Waals surface area contributed by atoms with E-state index in [-0.39, 0.29) is 0 Å². The normalized spacial score (nSPS) is 16.4. The smallest absolute Gasteiger partial charge is 0.0343 e. The van der Waals surface area contributed by atoms with Crippen LogP contribution in [0.5, 0.6) is 0 Å². The summed E-state index contributed by atoms with van der Waals surface area (Å²) in [5, 5.41) is 0. The van der Waals surface area contributed by atoms with Crippen molar-refractivity contribution in [2.24, 2.45) is 10.8 Å². The lowest BCUT2D eigenvalue weighted by Gasteiger charge is -2.38. The Kier molecular flexibility index (Phi) is 4.23. The predicted octanol–water partition coefficient (Wildman–Crippen LogP) is 4.33. The maximum Gasteiger partial charge on any atom is 0.0343 e. The molecule has 0 N–H and O–H groups in total. The highest BCUT2D eigenvalue weighted by Gasteiger charge is 2.31. The van der Waals surface area contributed by atoms with Crippen LogP contribution < -0.4 is 0 Å². The Hall–Kier alpha value is 0.217. The fourth-order valence-corrected chi connectivity index (χ4v) is 5.38. The molecule has 0 bridgehead atoms. The summed E-state index contributed by atoms with van der Waals surface area (Å²) in [7, 11) is -0.510. The molecule has 80 valence electrons. The van der Waals surface area contributed by atoms with Crippen molar-refractivity contribution in [3.05, 3.63) is 0 Å². The van der Waals surface area contributed by atoms with Gasteiger partial charge in [0.15, 0.2) is 0 Å². The van der Waals surface area contributed by atoms with Gasteiger partial charge >= 0.3 is 0 Å². The summed E-state index contributed by atoms with van der Waals surface area (Å²) >= 11 is 0. The Balaban J connectivity index is 4.47. The van der Waals surface area contributed by atoms with Crippen LogP contribution in [0.4, 0.5) is 0 Å². The summed E-state index contributed by atoms with van der Waals surface area (Å²) in [6.07, 6.45) is 1.39. The third-order valence-corrected chi connectivity index (χ3v) is 5.59. The minimum Gasteiger partial charge on any atom is -0.0720 e. The van der Waals surface area contributed by atoms with Gasteiger partial charge in [-0.1, -0.05) is 54.6 Å². The zero-order valence-electron chi connectivity index (χ0n) is 10.9. The molecule has 0 radical (unpaired) electrons. The highest BCUT2D eigenvalue weighted by Crippen LogP contribution is 2.42. The molecule has 1 heteroatoms. The second kappa shape index (κ2) is 4.16. The van der Waals surface area contributed by atoms with Gasteiger partial charge in [-0.05, 0) is 22.8 Å². The molecule has 0 amide bonds. The van der Waals surface area contributed by atoms with Crippen LogP contribution in [0.15, 0.2) is 0 Å². The van der Waals surface area contributed by atoms with Crippen LogP contribution in [0.25, 0.3) is 0 Å². The van der Waals surface area contributed by atoms with E-state index < -0.39 is 8.80 Å². The summed E-state index contributed by atoms with van der Waals surface area (Å²) < 4.78 is 0. The minimum atomic E-state index is -0.510. The molecule has 0 aliphatic carbocycles. The summed E-state index contributed by atoms with van der Waals surface area (Å²) in [6, 6.07) is 0. The van der Waals surface area contributed by atoms with Crippen LogP contribution in [0, 0.1) is 10.8 Å². The van der Waals surface area contributed by atoms with Gasteiger partial charge in [-0.15, -0.1) is 0 Å². The third-order valence-electron chi connectivity index (χ3n) is 2.75. The molecule has 0 aromatic rings. The molecular weight excluding hydrogens is 172 g/mol. The van der Waals surface area contributed by atoms with Crippen molar-refractivity contribution in [1.29, 1.82) is 0 Å². The molecular formula is C12H28Si. The maximum atomic E-state index is 2.49. The largest absolute Gasteiger partial charge is 0.0720 e. The van der Waals surface area contributed by atoms with Gasteiger partial charge in [0.05, 0.1) is 0 Å². The number of hydrogen-bond acceptors (Lipinski definition) is 0. The Bertz CT molecular complexity index is 145. The van der Waals surface area contributed by atoms with Gasteiger partial charge in [-0.25, -0.2) is 0 Å². The van der Waals surface area contributed by atoms with E-state index in [1.165, 1.54) is 6.42 Å². The molecule has 0 aliphatic rings. The zero-order chi connectivity index (χ0) is 10.9. The van der Waals surface area contributed by atoms with Crippen molar-refractivity contribution in [1.82, 2.24) is 0 Å². The van der Waals surface area contributed by atoms with Crippen LogP contribution >= 0.6 is 0 Å². The highest BCUT2D eigenvalue weighted by atomic mass is 28.3. The SMILES string of the molecule is C[SiH](C)C(CC(C)(C)C)C(C)(C)C. The van der Waals surface area contributed by atoms with Crippen molar-refractivity contribution in [2.45, 2.75) is 66.6 Å². The molecule has 0 heterocycles. The summed E-state index contributed by atoms with van der Waals surface area (Å²) in [5.74, 6) is 0. The van der Waals surface area contributed by atoms with Crippen molar-refractivity contribution in [3.63, 3.8) is 0 Å². The van der Waals surface area contributed by atoms with E-state index in [0.29, 0.717) is 10.8 Å². The maximum absolute atomic E-state index is 2.49. The number of rotatable bonds is 2. The number of hydrogen-bond donors (Lipinski definition) is 0. The molecule has 0 aliphatic heterocycles. The Morgan fingerprint density at radius 1 is 0.923 bits per heavy atom. The Morgan fingerprint density at radius 2 is 1.31 bits per heavy atom. The topological polar surface area (TPSA) is 0 Å². The summed E-state index contributed by atoms with van der Waals surface area (Å²) in [5.41, 5.74) is 1.97. The first-order chi connectivity index (χ1) is 5.54. The van der Waals surface area contributed by atoms with Crippen LogP contribution in [0.1, 0.15) is 48.0 Å². The molecule has 1 unspecified atom stereocenters. The first-order valence-electron chi connectivity index (χ1n) is 5.54. The van der Waals surface area contributed by atoms with E-state index in [1.807, 2.05) is 0 Å². The molecule has 0 saturated carbocycles. The summed E-state index contributed by atoms with van der Waals surface area (Å²) in [6.45, 7) is 19.3. The molecule has 13 heavy (non-hydrogen) atoms. The second-order valence-electron chi connectivity index (χ2n) is 6.98. The van der Waals surface area contributed by atoms with Gasteiger partial charge in [0, 0.05) is 8.80 Å². The third kappa shape index (κ3) is 5.51. The molecule has 0 aromatic heterocycles.